The van der Waals surface area contributed by atoms with E-state index in [1.54, 1.807) is 13.3 Å². The molecule has 0 aromatic carbocycles. The molecule has 0 aliphatic rings. The van der Waals surface area contributed by atoms with Crippen LogP contribution in [0.25, 0.3) is 0 Å². The number of Topliss-reactive ketones (excluding diaryl/α,β-unsaturated/α-hetero) is 1. The minimum Gasteiger partial charge on any atom is -0.496 e. The van der Waals surface area contributed by atoms with Crippen molar-refractivity contribution < 1.29 is 14.3 Å². The zero-order chi connectivity index (χ0) is 15.3. The van der Waals surface area contributed by atoms with Crippen LogP contribution in [0.5, 0.6) is 5.75 Å². The van der Waals surface area contributed by atoms with Gasteiger partial charge in [0.25, 0.3) is 0 Å². The van der Waals surface area contributed by atoms with E-state index in [-0.39, 0.29) is 24.2 Å². The zero-order valence-electron chi connectivity index (χ0n) is 13.3. The average Bonchev–Trinajstić information content (AvgIpc) is 2.39. The van der Waals surface area contributed by atoms with Crippen molar-refractivity contribution in [2.24, 2.45) is 5.92 Å². The average molecular weight is 279 g/mol. The molecule has 1 unspecified atom stereocenters. The Morgan fingerprint density at radius 1 is 1.35 bits per heavy atom. The number of aryl methyl sites for hydroxylation is 1. The van der Waals surface area contributed by atoms with Crippen LogP contribution in [0.4, 0.5) is 0 Å². The minimum absolute atomic E-state index is 0.0726. The van der Waals surface area contributed by atoms with E-state index in [4.69, 9.17) is 9.47 Å². The van der Waals surface area contributed by atoms with Gasteiger partial charge in [-0.25, -0.2) is 0 Å². The Kier molecular flexibility index (Phi) is 6.14. The van der Waals surface area contributed by atoms with E-state index in [1.165, 1.54) is 0 Å². The van der Waals surface area contributed by atoms with Crippen molar-refractivity contribution in [3.8, 4) is 5.75 Å². The lowest BCUT2D eigenvalue weighted by Gasteiger charge is -2.20. The van der Waals surface area contributed by atoms with Crippen LogP contribution in [0, 0.1) is 19.8 Å². The molecule has 1 aromatic rings. The Balaban J connectivity index is 2.95. The fraction of sp³-hybridized carbons (Fsp3) is 0.625. The molecule has 0 fully saturated rings. The second-order valence-electron chi connectivity index (χ2n) is 5.31. The molecule has 4 nitrogen and oxygen atoms in total. The highest BCUT2D eigenvalue weighted by atomic mass is 16.5. The molecule has 1 aromatic heterocycles. The third-order valence-electron chi connectivity index (χ3n) is 3.36. The van der Waals surface area contributed by atoms with Crippen molar-refractivity contribution in [3.05, 3.63) is 23.0 Å². The predicted octanol–water partition coefficient (Wildman–Crippen LogP) is 2.88. The lowest BCUT2D eigenvalue weighted by Crippen LogP contribution is -2.31. The molecule has 1 rings (SSSR count). The maximum atomic E-state index is 12.4. The number of hydrogen-bond donors (Lipinski definition) is 0. The SMILES string of the molecule is CCOC(C(=O)Cc1ncc(C)c(OC)c1C)C(C)C. The van der Waals surface area contributed by atoms with Crippen molar-refractivity contribution in [1.82, 2.24) is 4.98 Å². The van der Waals surface area contributed by atoms with Crippen LogP contribution >= 0.6 is 0 Å². The molecule has 0 aliphatic carbocycles. The third kappa shape index (κ3) is 3.79. The molecule has 1 atom stereocenters. The van der Waals surface area contributed by atoms with E-state index in [2.05, 4.69) is 4.98 Å². The third-order valence-corrected chi connectivity index (χ3v) is 3.36. The number of methoxy groups -OCH3 is 1. The highest BCUT2D eigenvalue weighted by Crippen LogP contribution is 2.25. The number of hydrogen-bond acceptors (Lipinski definition) is 4. The number of aromatic nitrogens is 1. The van der Waals surface area contributed by atoms with E-state index >= 15 is 0 Å². The number of pyridine rings is 1. The van der Waals surface area contributed by atoms with Crippen LogP contribution in [-0.4, -0.2) is 30.6 Å². The highest BCUT2D eigenvalue weighted by Gasteiger charge is 2.24. The molecule has 1 heterocycles. The molecule has 0 radical (unpaired) electrons. The van der Waals surface area contributed by atoms with Crippen LogP contribution in [0.1, 0.15) is 37.6 Å². The number of ether oxygens (including phenoxy) is 2. The quantitative estimate of drug-likeness (QED) is 0.770. The van der Waals surface area contributed by atoms with E-state index in [9.17, 15) is 4.79 Å². The van der Waals surface area contributed by atoms with Gasteiger partial charge in [-0.15, -0.1) is 0 Å². The lowest BCUT2D eigenvalue weighted by molar-refractivity contribution is -0.132. The Labute approximate surface area is 121 Å². The van der Waals surface area contributed by atoms with E-state index < -0.39 is 0 Å². The first-order valence-electron chi connectivity index (χ1n) is 7.05. The monoisotopic (exact) mass is 279 g/mol. The Morgan fingerprint density at radius 2 is 2.00 bits per heavy atom. The maximum Gasteiger partial charge on any atom is 0.167 e. The summed E-state index contributed by atoms with van der Waals surface area (Å²) in [5, 5.41) is 0. The molecular weight excluding hydrogens is 254 g/mol. The van der Waals surface area contributed by atoms with Crippen molar-refractivity contribution in [1.29, 1.82) is 0 Å². The molecule has 0 N–H and O–H groups in total. The summed E-state index contributed by atoms with van der Waals surface area (Å²) in [6.07, 6.45) is 1.67. The summed E-state index contributed by atoms with van der Waals surface area (Å²) < 4.78 is 10.9. The molecule has 0 saturated heterocycles. The summed E-state index contributed by atoms with van der Waals surface area (Å²) in [5.41, 5.74) is 2.68. The van der Waals surface area contributed by atoms with Crippen LogP contribution in [0.3, 0.4) is 0 Å². The van der Waals surface area contributed by atoms with Gasteiger partial charge in [-0.05, 0) is 26.7 Å². The molecular formula is C16H25NO3. The lowest BCUT2D eigenvalue weighted by atomic mass is 9.97. The molecule has 0 aliphatic heterocycles. The van der Waals surface area contributed by atoms with Crippen LogP contribution in [0.15, 0.2) is 6.20 Å². The Hall–Kier alpha value is -1.42. The molecule has 20 heavy (non-hydrogen) atoms. The number of carbonyl (C=O) groups excluding carboxylic acids is 1. The van der Waals surface area contributed by atoms with Gasteiger partial charge in [0, 0.05) is 23.9 Å². The van der Waals surface area contributed by atoms with Gasteiger partial charge in [0.15, 0.2) is 5.78 Å². The van der Waals surface area contributed by atoms with Crippen LogP contribution in [-0.2, 0) is 16.0 Å². The highest BCUT2D eigenvalue weighted by molar-refractivity contribution is 5.85. The van der Waals surface area contributed by atoms with Gasteiger partial charge >= 0.3 is 0 Å². The van der Waals surface area contributed by atoms with E-state index in [0.717, 1.165) is 22.6 Å². The summed E-state index contributed by atoms with van der Waals surface area (Å²) in [6.45, 7) is 10.3. The molecule has 0 saturated carbocycles. The second-order valence-corrected chi connectivity index (χ2v) is 5.31. The standard InChI is InChI=1S/C16H25NO3/c1-7-20-15(10(2)3)14(18)8-13-12(5)16(19-6)11(4)9-17-13/h9-10,15H,7-8H2,1-6H3. The van der Waals surface area contributed by atoms with Gasteiger partial charge < -0.3 is 9.47 Å². The largest absolute Gasteiger partial charge is 0.496 e. The summed E-state index contributed by atoms with van der Waals surface area (Å²) in [7, 11) is 1.64. The van der Waals surface area contributed by atoms with Crippen molar-refractivity contribution in [2.45, 2.75) is 47.1 Å². The summed E-state index contributed by atoms with van der Waals surface area (Å²) in [6, 6.07) is 0. The molecule has 4 heteroatoms. The number of ketones is 1. The maximum absolute atomic E-state index is 12.4. The Bertz CT molecular complexity index is 469. The van der Waals surface area contributed by atoms with E-state index in [1.807, 2.05) is 34.6 Å². The topological polar surface area (TPSA) is 48.4 Å². The Morgan fingerprint density at radius 3 is 2.50 bits per heavy atom. The van der Waals surface area contributed by atoms with Gasteiger partial charge in [0.2, 0.25) is 0 Å². The summed E-state index contributed by atoms with van der Waals surface area (Å²) >= 11 is 0. The molecule has 112 valence electrons. The zero-order valence-corrected chi connectivity index (χ0v) is 13.3. The first-order valence-corrected chi connectivity index (χ1v) is 7.05. The van der Waals surface area contributed by atoms with E-state index in [0.29, 0.717) is 6.61 Å². The second kappa shape index (κ2) is 7.39. The molecule has 0 amide bonds. The first-order chi connectivity index (χ1) is 9.42. The van der Waals surface area contributed by atoms with Gasteiger partial charge in [-0.1, -0.05) is 13.8 Å². The molecule has 0 spiro atoms. The van der Waals surface area contributed by atoms with Gasteiger partial charge in [-0.2, -0.15) is 0 Å². The number of rotatable bonds is 7. The van der Waals surface area contributed by atoms with Crippen molar-refractivity contribution in [3.63, 3.8) is 0 Å². The van der Waals surface area contributed by atoms with Crippen LogP contribution < -0.4 is 4.74 Å². The fourth-order valence-corrected chi connectivity index (χ4v) is 2.35. The minimum atomic E-state index is -0.367. The molecule has 0 bridgehead atoms. The van der Waals surface area contributed by atoms with Gasteiger partial charge in [0.1, 0.15) is 11.9 Å². The summed E-state index contributed by atoms with van der Waals surface area (Å²) in [4.78, 5) is 16.7. The fourth-order valence-electron chi connectivity index (χ4n) is 2.35. The van der Waals surface area contributed by atoms with Crippen molar-refractivity contribution in [2.75, 3.05) is 13.7 Å². The first kappa shape index (κ1) is 16.6. The van der Waals surface area contributed by atoms with Crippen molar-refractivity contribution >= 4 is 5.78 Å². The predicted molar refractivity (Wildman–Crippen MR) is 79.2 cm³/mol. The van der Waals surface area contributed by atoms with Gasteiger partial charge in [-0.3, -0.25) is 9.78 Å². The van der Waals surface area contributed by atoms with Crippen LogP contribution in [0.2, 0.25) is 0 Å². The summed E-state index contributed by atoms with van der Waals surface area (Å²) in [5.74, 6) is 1.04. The smallest absolute Gasteiger partial charge is 0.167 e. The normalized spacial score (nSPS) is 12.6. The number of nitrogens with zero attached hydrogens (tertiary/aromatic N) is 1. The number of carbonyl (C=O) groups is 1. The van der Waals surface area contributed by atoms with Gasteiger partial charge in [0.05, 0.1) is 19.2 Å².